The van der Waals surface area contributed by atoms with Crippen LogP contribution in [0.15, 0.2) is 10.6 Å². The van der Waals surface area contributed by atoms with Crippen LogP contribution in [0.25, 0.3) is 0 Å². The van der Waals surface area contributed by atoms with E-state index in [-0.39, 0.29) is 5.69 Å². The molecule has 1 saturated heterocycles. The predicted molar refractivity (Wildman–Crippen MR) is 57.3 cm³/mol. The molecule has 1 unspecified atom stereocenters. The maximum absolute atomic E-state index is 11.2. The van der Waals surface area contributed by atoms with Crippen LogP contribution in [0.2, 0.25) is 0 Å². The van der Waals surface area contributed by atoms with Gasteiger partial charge in [-0.1, -0.05) is 5.16 Å². The summed E-state index contributed by atoms with van der Waals surface area (Å²) in [6, 6.07) is 2.20. The van der Waals surface area contributed by atoms with Crippen LogP contribution in [-0.4, -0.2) is 28.6 Å². The first-order valence-electron chi connectivity index (χ1n) is 5.41. The van der Waals surface area contributed by atoms with Crippen molar-refractivity contribution in [3.63, 3.8) is 0 Å². The fraction of sp³-hybridized carbons (Fsp3) is 0.600. The first kappa shape index (κ1) is 11.1. The van der Waals surface area contributed by atoms with Crippen molar-refractivity contribution >= 4 is 5.91 Å². The van der Waals surface area contributed by atoms with Gasteiger partial charge in [-0.25, -0.2) is 5.84 Å². The highest BCUT2D eigenvalue weighted by molar-refractivity contribution is 5.91. The van der Waals surface area contributed by atoms with Crippen molar-refractivity contribution in [2.75, 3.05) is 6.54 Å². The lowest BCUT2D eigenvalue weighted by Crippen LogP contribution is -2.30. The zero-order chi connectivity index (χ0) is 11.5. The third kappa shape index (κ3) is 2.23. The molecule has 2 rings (SSSR count). The maximum atomic E-state index is 11.2. The number of rotatable bonds is 3. The molecular formula is C10H16N4O2. The molecule has 6 nitrogen and oxygen atoms in total. The topological polar surface area (TPSA) is 84.4 Å². The average molecular weight is 224 g/mol. The number of carbonyl (C=O) groups is 1. The van der Waals surface area contributed by atoms with Gasteiger partial charge >= 0.3 is 0 Å². The second-order valence-electron chi connectivity index (χ2n) is 4.11. The Balaban J connectivity index is 1.99. The van der Waals surface area contributed by atoms with Gasteiger partial charge in [0.15, 0.2) is 11.5 Å². The van der Waals surface area contributed by atoms with Gasteiger partial charge in [-0.3, -0.25) is 15.1 Å². The van der Waals surface area contributed by atoms with E-state index < -0.39 is 5.91 Å². The van der Waals surface area contributed by atoms with Gasteiger partial charge in [-0.15, -0.1) is 0 Å². The highest BCUT2D eigenvalue weighted by Gasteiger charge is 2.22. The molecule has 0 aromatic carbocycles. The Kier molecular flexibility index (Phi) is 3.21. The third-order valence-electron chi connectivity index (χ3n) is 2.97. The van der Waals surface area contributed by atoms with E-state index in [4.69, 9.17) is 10.4 Å². The van der Waals surface area contributed by atoms with Crippen LogP contribution in [0, 0.1) is 0 Å². The number of nitrogen functional groups attached to an aromatic ring is 1. The quantitative estimate of drug-likeness (QED) is 0.437. The van der Waals surface area contributed by atoms with Gasteiger partial charge in [-0.2, -0.15) is 0 Å². The number of nitrogens with zero attached hydrogens (tertiary/aromatic N) is 2. The van der Waals surface area contributed by atoms with Crippen molar-refractivity contribution in [1.29, 1.82) is 0 Å². The summed E-state index contributed by atoms with van der Waals surface area (Å²) in [5.41, 5.74) is 2.25. The Labute approximate surface area is 93.7 Å². The van der Waals surface area contributed by atoms with Crippen LogP contribution >= 0.6 is 0 Å². The lowest BCUT2D eigenvalue weighted by atomic mass is 10.2. The van der Waals surface area contributed by atoms with Gasteiger partial charge in [0.25, 0.3) is 5.91 Å². The number of aromatic nitrogens is 1. The minimum atomic E-state index is -0.426. The minimum absolute atomic E-state index is 0.226. The van der Waals surface area contributed by atoms with E-state index >= 15 is 0 Å². The number of nitrogens with one attached hydrogen (secondary N) is 1. The lowest BCUT2D eigenvalue weighted by Gasteiger charge is -2.18. The summed E-state index contributed by atoms with van der Waals surface area (Å²) in [5, 5.41) is 3.66. The molecule has 1 atom stereocenters. The molecule has 1 fully saturated rings. The van der Waals surface area contributed by atoms with Gasteiger partial charge in [0.2, 0.25) is 0 Å². The van der Waals surface area contributed by atoms with Gasteiger partial charge in [0.1, 0.15) is 0 Å². The van der Waals surface area contributed by atoms with E-state index in [0.29, 0.717) is 18.3 Å². The summed E-state index contributed by atoms with van der Waals surface area (Å²) < 4.78 is 5.09. The first-order valence-corrected chi connectivity index (χ1v) is 5.41. The van der Waals surface area contributed by atoms with E-state index in [2.05, 4.69) is 17.0 Å². The fourth-order valence-corrected chi connectivity index (χ4v) is 2.00. The van der Waals surface area contributed by atoms with Crippen molar-refractivity contribution < 1.29 is 9.32 Å². The van der Waals surface area contributed by atoms with Crippen molar-refractivity contribution in [2.24, 2.45) is 5.84 Å². The standard InChI is InChI=1S/C10H16N4O2/c1-7-3-2-4-14(7)6-8-5-9(13-16-8)10(15)12-11/h5,7H,2-4,6,11H2,1H3,(H,12,15). The van der Waals surface area contributed by atoms with E-state index in [1.165, 1.54) is 12.8 Å². The van der Waals surface area contributed by atoms with Crippen LogP contribution in [-0.2, 0) is 6.54 Å². The fourth-order valence-electron chi connectivity index (χ4n) is 2.00. The van der Waals surface area contributed by atoms with E-state index in [9.17, 15) is 4.79 Å². The van der Waals surface area contributed by atoms with Crippen LogP contribution in [0.1, 0.15) is 36.0 Å². The highest BCUT2D eigenvalue weighted by Crippen LogP contribution is 2.19. The SMILES string of the molecule is CC1CCCN1Cc1cc(C(=O)NN)no1. The third-order valence-corrected chi connectivity index (χ3v) is 2.97. The summed E-state index contributed by atoms with van der Waals surface area (Å²) in [5.74, 6) is 5.28. The average Bonchev–Trinajstić information content (AvgIpc) is 2.89. The van der Waals surface area contributed by atoms with Crippen molar-refractivity contribution in [3.05, 3.63) is 17.5 Å². The van der Waals surface area contributed by atoms with Gasteiger partial charge in [-0.05, 0) is 26.3 Å². The maximum Gasteiger partial charge on any atom is 0.287 e. The second-order valence-corrected chi connectivity index (χ2v) is 4.11. The number of hydrogen-bond donors (Lipinski definition) is 2. The Bertz CT molecular complexity index is 377. The lowest BCUT2D eigenvalue weighted by molar-refractivity contribution is 0.0944. The molecule has 0 bridgehead atoms. The summed E-state index contributed by atoms with van der Waals surface area (Å²) in [6.07, 6.45) is 2.43. The normalized spacial score (nSPS) is 21.2. The van der Waals surface area contributed by atoms with Crippen LogP contribution in [0.5, 0.6) is 0 Å². The first-order chi connectivity index (χ1) is 7.70. The van der Waals surface area contributed by atoms with Crippen LogP contribution in [0.4, 0.5) is 0 Å². The highest BCUT2D eigenvalue weighted by atomic mass is 16.5. The summed E-state index contributed by atoms with van der Waals surface area (Å²) in [7, 11) is 0. The molecule has 1 aromatic rings. The molecule has 0 radical (unpaired) electrons. The number of nitrogens with two attached hydrogens (primary N) is 1. The van der Waals surface area contributed by atoms with E-state index in [0.717, 1.165) is 6.54 Å². The van der Waals surface area contributed by atoms with Crippen molar-refractivity contribution in [2.45, 2.75) is 32.4 Å². The summed E-state index contributed by atoms with van der Waals surface area (Å²) >= 11 is 0. The molecule has 6 heteroatoms. The second kappa shape index (κ2) is 4.63. The number of amides is 1. The molecule has 1 aromatic heterocycles. The molecule has 0 spiro atoms. The van der Waals surface area contributed by atoms with E-state index in [1.807, 2.05) is 5.43 Å². The van der Waals surface area contributed by atoms with E-state index in [1.54, 1.807) is 6.07 Å². The zero-order valence-corrected chi connectivity index (χ0v) is 9.27. The Morgan fingerprint density at radius 3 is 3.25 bits per heavy atom. The number of carbonyl (C=O) groups excluding carboxylic acids is 1. The minimum Gasteiger partial charge on any atom is -0.359 e. The monoisotopic (exact) mass is 224 g/mol. The molecule has 1 aliphatic heterocycles. The summed E-state index contributed by atoms with van der Waals surface area (Å²) in [6.45, 7) is 3.96. The molecule has 0 aliphatic carbocycles. The number of hydrazine groups is 1. The number of hydrogen-bond acceptors (Lipinski definition) is 5. The molecule has 1 amide bonds. The van der Waals surface area contributed by atoms with Crippen molar-refractivity contribution in [1.82, 2.24) is 15.5 Å². The molecule has 16 heavy (non-hydrogen) atoms. The van der Waals surface area contributed by atoms with Crippen LogP contribution < -0.4 is 11.3 Å². The molecular weight excluding hydrogens is 208 g/mol. The Morgan fingerprint density at radius 2 is 2.62 bits per heavy atom. The molecule has 2 heterocycles. The van der Waals surface area contributed by atoms with Gasteiger partial charge in [0, 0.05) is 12.1 Å². The predicted octanol–water partition coefficient (Wildman–Crippen LogP) is 0.262. The van der Waals surface area contributed by atoms with Crippen LogP contribution in [0.3, 0.4) is 0 Å². The van der Waals surface area contributed by atoms with Crippen molar-refractivity contribution in [3.8, 4) is 0 Å². The summed E-state index contributed by atoms with van der Waals surface area (Å²) in [4.78, 5) is 13.5. The molecule has 3 N–H and O–H groups in total. The Morgan fingerprint density at radius 1 is 1.81 bits per heavy atom. The number of likely N-dealkylation sites (tertiary alicyclic amines) is 1. The smallest absolute Gasteiger partial charge is 0.287 e. The van der Waals surface area contributed by atoms with Gasteiger partial charge < -0.3 is 4.52 Å². The molecule has 0 saturated carbocycles. The molecule has 88 valence electrons. The largest absolute Gasteiger partial charge is 0.359 e. The zero-order valence-electron chi connectivity index (χ0n) is 9.27. The Hall–Kier alpha value is -1.40. The van der Waals surface area contributed by atoms with Gasteiger partial charge in [0.05, 0.1) is 6.54 Å². The molecule has 1 aliphatic rings.